The molecule has 0 radical (unpaired) electrons. The van der Waals surface area contributed by atoms with E-state index in [1.54, 1.807) is 12.1 Å². The first-order chi connectivity index (χ1) is 13.5. The van der Waals surface area contributed by atoms with Crippen molar-refractivity contribution in [1.29, 1.82) is 0 Å². The fraction of sp³-hybridized carbons (Fsp3) is 0.632. The average molecular weight is 531 g/mol. The first kappa shape index (κ1) is 25.8. The second-order valence-corrected chi connectivity index (χ2v) is 6.44. The highest BCUT2D eigenvalue weighted by Gasteiger charge is 2.31. The normalized spacial score (nSPS) is 17.0. The van der Waals surface area contributed by atoms with Crippen LogP contribution in [-0.4, -0.2) is 51.8 Å². The number of halogens is 4. The van der Waals surface area contributed by atoms with Gasteiger partial charge in [-0.05, 0) is 25.8 Å². The van der Waals surface area contributed by atoms with Gasteiger partial charge < -0.3 is 24.8 Å². The molecule has 1 heterocycles. The van der Waals surface area contributed by atoms with E-state index in [1.807, 2.05) is 6.92 Å². The van der Waals surface area contributed by atoms with E-state index in [0.29, 0.717) is 43.7 Å². The molecule has 1 aliphatic rings. The van der Waals surface area contributed by atoms with Crippen molar-refractivity contribution in [3.05, 3.63) is 29.8 Å². The fourth-order valence-electron chi connectivity index (χ4n) is 2.71. The number of aliphatic imine (C=N–C) groups is 1. The third-order valence-electron chi connectivity index (χ3n) is 4.09. The summed E-state index contributed by atoms with van der Waals surface area (Å²) >= 11 is 0. The molecule has 1 aliphatic heterocycles. The minimum absolute atomic E-state index is 0. The maximum atomic E-state index is 12.5. The second kappa shape index (κ2) is 13.9. The molecule has 2 N–H and O–H groups in total. The summed E-state index contributed by atoms with van der Waals surface area (Å²) in [6.45, 7) is 6.21. The zero-order chi connectivity index (χ0) is 20.2. The number of rotatable bonds is 10. The molecule has 1 atom stereocenters. The zero-order valence-electron chi connectivity index (χ0n) is 16.5. The SMILES string of the molecule is CCNC(=NCc1ccccc1OC(F)(F)F)NCCCOCC1CCOC1.I. The lowest BCUT2D eigenvalue weighted by molar-refractivity contribution is -0.274. The number of hydrogen-bond acceptors (Lipinski definition) is 4. The Kier molecular flexibility index (Phi) is 12.3. The van der Waals surface area contributed by atoms with Crippen LogP contribution in [-0.2, 0) is 16.0 Å². The Bertz CT molecular complexity index is 612. The summed E-state index contributed by atoms with van der Waals surface area (Å²) in [6, 6.07) is 6.00. The van der Waals surface area contributed by atoms with Crippen LogP contribution >= 0.6 is 24.0 Å². The van der Waals surface area contributed by atoms with Gasteiger partial charge in [0.05, 0.1) is 19.8 Å². The van der Waals surface area contributed by atoms with Crippen LogP contribution in [0.25, 0.3) is 0 Å². The Morgan fingerprint density at radius 1 is 1.28 bits per heavy atom. The van der Waals surface area contributed by atoms with Crippen molar-refractivity contribution in [2.24, 2.45) is 10.9 Å². The van der Waals surface area contributed by atoms with Crippen molar-refractivity contribution in [2.75, 3.05) is 39.5 Å². The van der Waals surface area contributed by atoms with E-state index in [2.05, 4.69) is 20.4 Å². The van der Waals surface area contributed by atoms with Crippen LogP contribution in [0.2, 0.25) is 0 Å². The van der Waals surface area contributed by atoms with Gasteiger partial charge in [0.25, 0.3) is 0 Å². The zero-order valence-corrected chi connectivity index (χ0v) is 18.8. The van der Waals surface area contributed by atoms with Crippen molar-refractivity contribution < 1.29 is 27.4 Å². The lowest BCUT2D eigenvalue weighted by Crippen LogP contribution is -2.38. The van der Waals surface area contributed by atoms with Gasteiger partial charge in [0.15, 0.2) is 5.96 Å². The standard InChI is InChI=1S/C19H28F3N3O3.HI/c1-2-23-18(24-9-5-10-26-13-15-8-11-27-14-15)25-12-16-6-3-4-7-17(16)28-19(20,21)22;/h3-4,6-7,15H,2,5,8-14H2,1H3,(H2,23,24,25);1H. The summed E-state index contributed by atoms with van der Waals surface area (Å²) in [5, 5.41) is 6.23. The van der Waals surface area contributed by atoms with Crippen LogP contribution in [0.15, 0.2) is 29.3 Å². The molecule has 0 spiro atoms. The van der Waals surface area contributed by atoms with Crippen molar-refractivity contribution in [1.82, 2.24) is 10.6 Å². The molecule has 1 saturated heterocycles. The number of ether oxygens (including phenoxy) is 3. The summed E-state index contributed by atoms with van der Waals surface area (Å²) in [6.07, 6.45) is -2.88. The number of hydrogen-bond donors (Lipinski definition) is 2. The fourth-order valence-corrected chi connectivity index (χ4v) is 2.71. The molecule has 1 unspecified atom stereocenters. The van der Waals surface area contributed by atoms with Gasteiger partial charge in [-0.2, -0.15) is 0 Å². The highest BCUT2D eigenvalue weighted by atomic mass is 127. The summed E-state index contributed by atoms with van der Waals surface area (Å²) in [5.74, 6) is 0.790. The molecule has 1 aromatic rings. The third-order valence-corrected chi connectivity index (χ3v) is 4.09. The van der Waals surface area contributed by atoms with Gasteiger partial charge >= 0.3 is 6.36 Å². The number of para-hydroxylation sites is 1. The quantitative estimate of drug-likeness (QED) is 0.209. The molecule has 166 valence electrons. The minimum Gasteiger partial charge on any atom is -0.405 e. The van der Waals surface area contributed by atoms with Crippen LogP contribution in [0, 0.1) is 5.92 Å². The van der Waals surface area contributed by atoms with Gasteiger partial charge in [-0.3, -0.25) is 0 Å². The van der Waals surface area contributed by atoms with Crippen molar-refractivity contribution >= 4 is 29.9 Å². The number of guanidine groups is 1. The monoisotopic (exact) mass is 531 g/mol. The van der Waals surface area contributed by atoms with E-state index < -0.39 is 6.36 Å². The Labute approximate surface area is 186 Å². The molecule has 29 heavy (non-hydrogen) atoms. The second-order valence-electron chi connectivity index (χ2n) is 6.44. The first-order valence-electron chi connectivity index (χ1n) is 9.49. The summed E-state index contributed by atoms with van der Waals surface area (Å²) in [5.41, 5.74) is 0.360. The summed E-state index contributed by atoms with van der Waals surface area (Å²) < 4.78 is 52.5. The maximum Gasteiger partial charge on any atom is 0.573 e. The number of nitrogens with zero attached hydrogens (tertiary/aromatic N) is 1. The first-order valence-corrected chi connectivity index (χ1v) is 9.49. The molecule has 0 aliphatic carbocycles. The number of benzene rings is 1. The predicted octanol–water partition coefficient (Wildman–Crippen LogP) is 3.70. The predicted molar refractivity (Wildman–Crippen MR) is 116 cm³/mol. The molecular formula is C19H29F3IN3O3. The largest absolute Gasteiger partial charge is 0.573 e. The van der Waals surface area contributed by atoms with E-state index in [1.165, 1.54) is 12.1 Å². The van der Waals surface area contributed by atoms with Crippen LogP contribution in [0.1, 0.15) is 25.3 Å². The smallest absolute Gasteiger partial charge is 0.405 e. The van der Waals surface area contributed by atoms with Gasteiger partial charge in [0.2, 0.25) is 0 Å². The third kappa shape index (κ3) is 10.9. The molecule has 0 aromatic heterocycles. The van der Waals surface area contributed by atoms with Crippen molar-refractivity contribution in [2.45, 2.75) is 32.7 Å². The molecule has 2 rings (SSSR count). The Hall–Kier alpha value is -1.27. The van der Waals surface area contributed by atoms with Crippen molar-refractivity contribution in [3.63, 3.8) is 0 Å². The number of nitrogens with one attached hydrogen (secondary N) is 2. The molecule has 1 aromatic carbocycles. The van der Waals surface area contributed by atoms with Gasteiger partial charge in [-0.1, -0.05) is 18.2 Å². The summed E-state index contributed by atoms with van der Waals surface area (Å²) in [7, 11) is 0. The van der Waals surface area contributed by atoms with E-state index in [4.69, 9.17) is 9.47 Å². The van der Waals surface area contributed by atoms with Crippen LogP contribution in [0.4, 0.5) is 13.2 Å². The van der Waals surface area contributed by atoms with Gasteiger partial charge in [-0.25, -0.2) is 4.99 Å². The van der Waals surface area contributed by atoms with Crippen molar-refractivity contribution in [3.8, 4) is 5.75 Å². The van der Waals surface area contributed by atoms with E-state index in [9.17, 15) is 13.2 Å². The van der Waals surface area contributed by atoms with Gasteiger partial charge in [-0.15, -0.1) is 37.1 Å². The summed E-state index contributed by atoms with van der Waals surface area (Å²) in [4.78, 5) is 4.34. The molecule has 6 nitrogen and oxygen atoms in total. The van der Waals surface area contributed by atoms with E-state index >= 15 is 0 Å². The molecule has 0 saturated carbocycles. The lowest BCUT2D eigenvalue weighted by atomic mass is 10.1. The highest BCUT2D eigenvalue weighted by molar-refractivity contribution is 14.0. The van der Waals surface area contributed by atoms with Gasteiger partial charge in [0, 0.05) is 37.8 Å². The average Bonchev–Trinajstić information content (AvgIpc) is 3.15. The van der Waals surface area contributed by atoms with E-state index in [-0.39, 0.29) is 36.3 Å². The Balaban J connectivity index is 0.00000420. The highest BCUT2D eigenvalue weighted by Crippen LogP contribution is 2.26. The molecule has 1 fully saturated rings. The molecule has 10 heteroatoms. The van der Waals surface area contributed by atoms with Crippen LogP contribution < -0.4 is 15.4 Å². The van der Waals surface area contributed by atoms with Crippen LogP contribution in [0.3, 0.4) is 0 Å². The van der Waals surface area contributed by atoms with E-state index in [0.717, 1.165) is 26.1 Å². The lowest BCUT2D eigenvalue weighted by Gasteiger charge is -2.14. The Morgan fingerprint density at radius 3 is 2.76 bits per heavy atom. The molecular weight excluding hydrogens is 502 g/mol. The molecule has 0 amide bonds. The molecule has 0 bridgehead atoms. The Morgan fingerprint density at radius 2 is 2.07 bits per heavy atom. The van der Waals surface area contributed by atoms with Gasteiger partial charge in [0.1, 0.15) is 5.75 Å². The topological polar surface area (TPSA) is 64.1 Å². The minimum atomic E-state index is -4.73. The number of alkyl halides is 3. The maximum absolute atomic E-state index is 12.5. The van der Waals surface area contributed by atoms with Crippen LogP contribution in [0.5, 0.6) is 5.75 Å².